The van der Waals surface area contributed by atoms with Crippen molar-refractivity contribution in [3.63, 3.8) is 0 Å². The molecule has 0 aliphatic carbocycles. The molecule has 126 valence electrons. The average Bonchev–Trinajstić information content (AvgIpc) is 3.02. The number of fused-ring (bicyclic) bond motifs is 1. The second-order valence-electron chi connectivity index (χ2n) is 5.87. The van der Waals surface area contributed by atoms with Gasteiger partial charge in [0.1, 0.15) is 0 Å². The highest BCUT2D eigenvalue weighted by Gasteiger charge is 2.30. The first-order valence-electron chi connectivity index (χ1n) is 7.70. The summed E-state index contributed by atoms with van der Waals surface area (Å²) in [5.41, 5.74) is 3.02. The molecule has 1 atom stereocenters. The number of aromatic nitrogens is 3. The van der Waals surface area contributed by atoms with Crippen LogP contribution in [0.2, 0.25) is 10.0 Å². The van der Waals surface area contributed by atoms with Crippen molar-refractivity contribution in [3.8, 4) is 11.4 Å². The monoisotopic (exact) mass is 389 g/mol. The van der Waals surface area contributed by atoms with Gasteiger partial charge in [-0.15, -0.1) is 5.10 Å². The molecule has 0 spiro atoms. The Hall–Kier alpha value is -1.82. The van der Waals surface area contributed by atoms with E-state index >= 15 is 0 Å². The lowest BCUT2D eigenvalue weighted by molar-refractivity contribution is 0.0868. The lowest BCUT2D eigenvalue weighted by atomic mass is 10.1. The maximum Gasteiger partial charge on any atom is 0.250 e. The van der Waals surface area contributed by atoms with Crippen LogP contribution in [0.3, 0.4) is 0 Å². The molecule has 0 saturated carbocycles. The first-order valence-corrected chi connectivity index (χ1v) is 9.34. The highest BCUT2D eigenvalue weighted by Crippen LogP contribution is 2.42. The van der Waals surface area contributed by atoms with Crippen LogP contribution in [0.25, 0.3) is 11.4 Å². The molecule has 4 rings (SSSR count). The second kappa shape index (κ2) is 6.48. The standard InChI is InChI=1S/C18H13Cl2N3OS/c1-10-2-4-11(5-3-10)17-21-18-23(22-17)16(24)9-15(25-18)12-6-7-13(19)14(20)8-12/h2-8,15H,9H2,1H3/t15-/m0/s1. The van der Waals surface area contributed by atoms with E-state index in [1.807, 2.05) is 43.3 Å². The van der Waals surface area contributed by atoms with Crippen LogP contribution in [0.1, 0.15) is 27.6 Å². The number of carbonyl (C=O) groups excluding carboxylic acids is 1. The summed E-state index contributed by atoms with van der Waals surface area (Å²) in [4.78, 5) is 17.1. The minimum absolute atomic E-state index is 0.0511. The van der Waals surface area contributed by atoms with E-state index in [1.165, 1.54) is 16.4 Å². The van der Waals surface area contributed by atoms with Gasteiger partial charge in [-0.1, -0.05) is 70.9 Å². The molecule has 0 saturated heterocycles. The van der Waals surface area contributed by atoms with Crippen molar-refractivity contribution in [1.82, 2.24) is 14.8 Å². The Morgan fingerprint density at radius 1 is 1.12 bits per heavy atom. The summed E-state index contributed by atoms with van der Waals surface area (Å²) in [6.07, 6.45) is 0.340. The summed E-state index contributed by atoms with van der Waals surface area (Å²) >= 11 is 13.6. The molecule has 0 radical (unpaired) electrons. The number of rotatable bonds is 2. The van der Waals surface area contributed by atoms with Crippen molar-refractivity contribution < 1.29 is 4.79 Å². The maximum atomic E-state index is 12.5. The molecular weight excluding hydrogens is 377 g/mol. The van der Waals surface area contributed by atoms with Gasteiger partial charge in [-0.25, -0.2) is 4.98 Å². The molecule has 0 fully saturated rings. The van der Waals surface area contributed by atoms with Crippen LogP contribution in [0.15, 0.2) is 47.6 Å². The third-order valence-corrected chi connectivity index (χ3v) is 5.98. The van der Waals surface area contributed by atoms with Gasteiger partial charge in [0.05, 0.1) is 10.0 Å². The number of halogens is 2. The predicted molar refractivity (Wildman–Crippen MR) is 100 cm³/mol. The van der Waals surface area contributed by atoms with E-state index in [9.17, 15) is 4.79 Å². The van der Waals surface area contributed by atoms with E-state index in [0.717, 1.165) is 16.7 Å². The van der Waals surface area contributed by atoms with Gasteiger partial charge in [0, 0.05) is 17.2 Å². The fourth-order valence-corrected chi connectivity index (χ4v) is 4.13. The number of hydrogen-bond acceptors (Lipinski definition) is 4. The molecule has 0 unspecified atom stereocenters. The van der Waals surface area contributed by atoms with Gasteiger partial charge in [-0.2, -0.15) is 4.68 Å². The van der Waals surface area contributed by atoms with Crippen molar-refractivity contribution in [2.24, 2.45) is 0 Å². The molecule has 1 aromatic heterocycles. The third-order valence-electron chi connectivity index (χ3n) is 4.05. The number of aryl methyl sites for hydroxylation is 1. The number of nitrogens with zero attached hydrogens (tertiary/aromatic N) is 3. The van der Waals surface area contributed by atoms with Crippen molar-refractivity contribution in [1.29, 1.82) is 0 Å². The molecule has 2 heterocycles. The summed E-state index contributed by atoms with van der Waals surface area (Å²) < 4.78 is 1.40. The lowest BCUT2D eigenvalue weighted by Gasteiger charge is -2.20. The van der Waals surface area contributed by atoms with Crippen molar-refractivity contribution in [2.75, 3.05) is 0 Å². The molecule has 0 amide bonds. The maximum absolute atomic E-state index is 12.5. The Balaban J connectivity index is 1.67. The summed E-state index contributed by atoms with van der Waals surface area (Å²) in [6.45, 7) is 2.02. The molecule has 25 heavy (non-hydrogen) atoms. The molecule has 0 N–H and O–H groups in total. The smallest absolute Gasteiger partial charge is 0.250 e. The van der Waals surface area contributed by atoms with Gasteiger partial charge >= 0.3 is 0 Å². The SMILES string of the molecule is Cc1ccc(-c2nc3n(n2)C(=O)C[C@@H](c2ccc(Cl)c(Cl)c2)S3)cc1. The zero-order valence-corrected chi connectivity index (χ0v) is 15.6. The largest absolute Gasteiger partial charge is 0.272 e. The van der Waals surface area contributed by atoms with Crippen LogP contribution in [0.4, 0.5) is 0 Å². The highest BCUT2D eigenvalue weighted by atomic mass is 35.5. The minimum atomic E-state index is -0.0734. The van der Waals surface area contributed by atoms with Crippen molar-refractivity contribution >= 4 is 40.9 Å². The van der Waals surface area contributed by atoms with E-state index in [0.29, 0.717) is 27.4 Å². The van der Waals surface area contributed by atoms with E-state index in [4.69, 9.17) is 23.2 Å². The minimum Gasteiger partial charge on any atom is -0.272 e. The number of thioether (sulfide) groups is 1. The van der Waals surface area contributed by atoms with Crippen molar-refractivity contribution in [2.45, 2.75) is 23.8 Å². The quantitative estimate of drug-likeness (QED) is 0.585. The Labute approximate surface area is 159 Å². The van der Waals surface area contributed by atoms with Crippen LogP contribution in [0, 0.1) is 6.92 Å². The van der Waals surface area contributed by atoms with E-state index < -0.39 is 0 Å². The van der Waals surface area contributed by atoms with E-state index in [1.54, 1.807) is 6.07 Å². The number of benzene rings is 2. The second-order valence-corrected chi connectivity index (χ2v) is 7.86. The van der Waals surface area contributed by atoms with Gasteiger partial charge in [0.25, 0.3) is 5.91 Å². The summed E-state index contributed by atoms with van der Waals surface area (Å²) in [6, 6.07) is 13.4. The third kappa shape index (κ3) is 3.19. The molecule has 1 aliphatic heterocycles. The first-order chi connectivity index (χ1) is 12.0. The summed E-state index contributed by atoms with van der Waals surface area (Å²) in [7, 11) is 0. The molecule has 1 aliphatic rings. The molecule has 3 aromatic rings. The fourth-order valence-electron chi connectivity index (χ4n) is 2.67. The summed E-state index contributed by atoms with van der Waals surface area (Å²) in [5.74, 6) is 0.487. The topological polar surface area (TPSA) is 47.8 Å². The van der Waals surface area contributed by atoms with Gasteiger partial charge in [-0.3, -0.25) is 4.79 Å². The highest BCUT2D eigenvalue weighted by molar-refractivity contribution is 7.99. The van der Waals surface area contributed by atoms with Crippen LogP contribution in [0.5, 0.6) is 0 Å². The van der Waals surface area contributed by atoms with Gasteiger partial charge in [-0.05, 0) is 24.6 Å². The van der Waals surface area contributed by atoms with E-state index in [2.05, 4.69) is 10.1 Å². The molecule has 4 nitrogen and oxygen atoms in total. The van der Waals surface area contributed by atoms with Crippen LogP contribution in [-0.2, 0) is 0 Å². The van der Waals surface area contributed by atoms with Gasteiger partial charge in [0.2, 0.25) is 0 Å². The Morgan fingerprint density at radius 3 is 2.60 bits per heavy atom. The van der Waals surface area contributed by atoms with Gasteiger partial charge < -0.3 is 0 Å². The fraction of sp³-hybridized carbons (Fsp3) is 0.167. The molecule has 7 heteroatoms. The number of carbonyl (C=O) groups is 1. The van der Waals surface area contributed by atoms with E-state index in [-0.39, 0.29) is 11.2 Å². The normalized spacial score (nSPS) is 16.8. The molecular formula is C18H13Cl2N3OS. The van der Waals surface area contributed by atoms with Gasteiger partial charge in [0.15, 0.2) is 11.0 Å². The van der Waals surface area contributed by atoms with Crippen LogP contribution >= 0.6 is 35.0 Å². The molecule has 0 bridgehead atoms. The van der Waals surface area contributed by atoms with Crippen molar-refractivity contribution in [3.05, 3.63) is 63.6 Å². The lowest BCUT2D eigenvalue weighted by Crippen LogP contribution is -2.20. The Bertz CT molecular complexity index is 969. The van der Waals surface area contributed by atoms with Crippen LogP contribution in [-0.4, -0.2) is 20.7 Å². The first kappa shape index (κ1) is 16.6. The predicted octanol–water partition coefficient (Wildman–Crippen LogP) is 5.44. The zero-order chi connectivity index (χ0) is 17.6. The zero-order valence-electron chi connectivity index (χ0n) is 13.2. The Morgan fingerprint density at radius 2 is 1.88 bits per heavy atom. The molecule has 2 aromatic carbocycles. The average molecular weight is 390 g/mol. The Kier molecular flexibility index (Phi) is 4.31. The summed E-state index contributed by atoms with van der Waals surface area (Å²) in [5, 5.41) is 5.92. The van der Waals surface area contributed by atoms with Crippen LogP contribution < -0.4 is 0 Å². The number of hydrogen-bond donors (Lipinski definition) is 0.